The molecule has 2 aromatic carbocycles. The molecule has 3 rings (SSSR count). The summed E-state index contributed by atoms with van der Waals surface area (Å²) in [7, 11) is 0. The molecule has 4 heteroatoms. The van der Waals surface area contributed by atoms with Gasteiger partial charge in [-0.3, -0.25) is 4.98 Å². The van der Waals surface area contributed by atoms with Crippen molar-refractivity contribution < 1.29 is 8.78 Å². The molecule has 22 heavy (non-hydrogen) atoms. The smallest absolute Gasteiger partial charge is 0.132 e. The van der Waals surface area contributed by atoms with Crippen LogP contribution in [0.5, 0.6) is 0 Å². The summed E-state index contributed by atoms with van der Waals surface area (Å²) >= 11 is 3.40. The Morgan fingerprint density at radius 2 is 1.45 bits per heavy atom. The van der Waals surface area contributed by atoms with Crippen molar-refractivity contribution in [1.82, 2.24) is 4.98 Å². The Balaban J connectivity index is 2.13. The van der Waals surface area contributed by atoms with Crippen molar-refractivity contribution in [3.8, 4) is 22.4 Å². The van der Waals surface area contributed by atoms with E-state index in [-0.39, 0.29) is 11.6 Å². The largest absolute Gasteiger partial charge is 0.255 e. The maximum absolute atomic E-state index is 14.0. The van der Waals surface area contributed by atoms with E-state index >= 15 is 0 Å². The molecule has 0 amide bonds. The van der Waals surface area contributed by atoms with E-state index in [2.05, 4.69) is 20.9 Å². The molecule has 0 bridgehead atoms. The Morgan fingerprint density at radius 3 is 2.05 bits per heavy atom. The van der Waals surface area contributed by atoms with Gasteiger partial charge in [0.05, 0.1) is 5.69 Å². The fraction of sp³-hybridized carbons (Fsp3) is 0.0556. The number of aromatic nitrogens is 1. The third-order valence-corrected chi connectivity index (χ3v) is 4.03. The molecule has 0 aliphatic heterocycles. The minimum Gasteiger partial charge on any atom is -0.255 e. The van der Waals surface area contributed by atoms with Crippen LogP contribution in [0.1, 0.15) is 5.56 Å². The second-order valence-electron chi connectivity index (χ2n) is 4.83. The molecule has 3 aromatic rings. The molecule has 0 fully saturated rings. The zero-order valence-corrected chi connectivity index (χ0v) is 13.1. The number of hydrogen-bond donors (Lipinski definition) is 0. The maximum Gasteiger partial charge on any atom is 0.132 e. The van der Waals surface area contributed by atoms with E-state index in [4.69, 9.17) is 0 Å². The van der Waals surface area contributed by atoms with Crippen LogP contribution < -0.4 is 0 Å². The molecule has 0 aliphatic carbocycles. The lowest BCUT2D eigenvalue weighted by atomic mass is 10.0. The van der Waals surface area contributed by atoms with Crippen molar-refractivity contribution in [1.29, 1.82) is 0 Å². The lowest BCUT2D eigenvalue weighted by Gasteiger charge is -2.10. The summed E-state index contributed by atoms with van der Waals surface area (Å²) in [6.45, 7) is 0. The first-order chi connectivity index (χ1) is 10.7. The molecule has 0 N–H and O–H groups in total. The normalized spacial score (nSPS) is 10.7. The predicted molar refractivity (Wildman–Crippen MR) is 87.7 cm³/mol. The Kier molecular flexibility index (Phi) is 4.29. The van der Waals surface area contributed by atoms with E-state index < -0.39 is 0 Å². The lowest BCUT2D eigenvalue weighted by Crippen LogP contribution is -1.95. The van der Waals surface area contributed by atoms with Crippen LogP contribution in [0.3, 0.4) is 0 Å². The summed E-state index contributed by atoms with van der Waals surface area (Å²) in [5, 5.41) is 0.506. The highest BCUT2D eigenvalue weighted by molar-refractivity contribution is 9.08. The second-order valence-corrected chi connectivity index (χ2v) is 5.39. The minimum absolute atomic E-state index is 0.302. The van der Waals surface area contributed by atoms with Gasteiger partial charge in [0.2, 0.25) is 0 Å². The van der Waals surface area contributed by atoms with E-state index in [1.807, 2.05) is 6.07 Å². The summed E-state index contributed by atoms with van der Waals surface area (Å²) in [5.41, 5.74) is 2.97. The molecule has 0 spiro atoms. The minimum atomic E-state index is -0.323. The van der Waals surface area contributed by atoms with Gasteiger partial charge in [0.15, 0.2) is 0 Å². The summed E-state index contributed by atoms with van der Waals surface area (Å²) < 4.78 is 27.9. The van der Waals surface area contributed by atoms with Crippen LogP contribution in [0.2, 0.25) is 0 Å². The topological polar surface area (TPSA) is 12.9 Å². The molecule has 1 heterocycles. The molecule has 1 aromatic heterocycles. The van der Waals surface area contributed by atoms with Crippen LogP contribution in [0.25, 0.3) is 22.4 Å². The van der Waals surface area contributed by atoms with Gasteiger partial charge in [-0.1, -0.05) is 46.3 Å². The molecule has 0 saturated heterocycles. The molecular weight excluding hydrogens is 348 g/mol. The number of pyridine rings is 1. The third kappa shape index (κ3) is 2.79. The van der Waals surface area contributed by atoms with Crippen LogP contribution in [-0.4, -0.2) is 4.98 Å². The molecule has 0 atom stereocenters. The number of nitrogens with zero attached hydrogens (tertiary/aromatic N) is 1. The van der Waals surface area contributed by atoms with Gasteiger partial charge in [0, 0.05) is 28.2 Å². The molecule has 0 unspecified atom stereocenters. The average Bonchev–Trinajstić information content (AvgIpc) is 2.55. The van der Waals surface area contributed by atoms with E-state index in [1.54, 1.807) is 42.6 Å². The fourth-order valence-electron chi connectivity index (χ4n) is 2.35. The molecule has 0 saturated carbocycles. The monoisotopic (exact) mass is 359 g/mol. The number of benzene rings is 2. The van der Waals surface area contributed by atoms with Crippen molar-refractivity contribution in [2.24, 2.45) is 0 Å². The zero-order chi connectivity index (χ0) is 15.5. The zero-order valence-electron chi connectivity index (χ0n) is 11.6. The standard InChI is InChI=1S/C18H12BrF2N/c19-10-12-9-13(14-5-1-3-7-16(14)20)11-22-18(12)15-6-2-4-8-17(15)21/h1-9,11H,10H2. The van der Waals surface area contributed by atoms with E-state index in [0.29, 0.717) is 27.7 Å². The first-order valence-corrected chi connectivity index (χ1v) is 7.87. The molecule has 0 aliphatic rings. The van der Waals surface area contributed by atoms with Crippen molar-refractivity contribution in [3.63, 3.8) is 0 Å². The predicted octanol–water partition coefficient (Wildman–Crippen LogP) is 5.59. The first-order valence-electron chi connectivity index (χ1n) is 6.75. The van der Waals surface area contributed by atoms with E-state index in [1.165, 1.54) is 12.1 Å². The van der Waals surface area contributed by atoms with E-state index in [9.17, 15) is 8.78 Å². The Hall–Kier alpha value is -2.07. The number of rotatable bonds is 3. The van der Waals surface area contributed by atoms with Crippen LogP contribution >= 0.6 is 15.9 Å². The third-order valence-electron chi connectivity index (χ3n) is 3.42. The highest BCUT2D eigenvalue weighted by Crippen LogP contribution is 2.30. The lowest BCUT2D eigenvalue weighted by molar-refractivity contribution is 0.630. The summed E-state index contributed by atoms with van der Waals surface area (Å²) in [5.74, 6) is -0.626. The van der Waals surface area contributed by atoms with Crippen LogP contribution in [-0.2, 0) is 5.33 Å². The Morgan fingerprint density at radius 1 is 0.864 bits per heavy atom. The molecule has 110 valence electrons. The maximum atomic E-state index is 14.0. The first kappa shape index (κ1) is 14.9. The van der Waals surface area contributed by atoms with Gasteiger partial charge in [0.25, 0.3) is 0 Å². The van der Waals surface area contributed by atoms with Gasteiger partial charge >= 0.3 is 0 Å². The molecular formula is C18H12BrF2N. The number of hydrogen-bond acceptors (Lipinski definition) is 1. The molecule has 1 nitrogen and oxygen atoms in total. The van der Waals surface area contributed by atoms with Crippen molar-refractivity contribution in [2.45, 2.75) is 5.33 Å². The summed E-state index contributed by atoms with van der Waals surface area (Å²) in [6, 6.07) is 14.9. The highest BCUT2D eigenvalue weighted by atomic mass is 79.9. The summed E-state index contributed by atoms with van der Waals surface area (Å²) in [4.78, 5) is 4.36. The highest BCUT2D eigenvalue weighted by Gasteiger charge is 2.13. The summed E-state index contributed by atoms with van der Waals surface area (Å²) in [6.07, 6.45) is 1.58. The van der Waals surface area contributed by atoms with Crippen LogP contribution in [0, 0.1) is 11.6 Å². The second kappa shape index (κ2) is 6.36. The van der Waals surface area contributed by atoms with Crippen molar-refractivity contribution in [2.75, 3.05) is 0 Å². The average molecular weight is 360 g/mol. The number of halogens is 3. The van der Waals surface area contributed by atoms with Gasteiger partial charge in [0.1, 0.15) is 11.6 Å². The van der Waals surface area contributed by atoms with Gasteiger partial charge in [-0.2, -0.15) is 0 Å². The van der Waals surface area contributed by atoms with Crippen molar-refractivity contribution in [3.05, 3.63) is 78.0 Å². The Bertz CT molecular complexity index is 818. The van der Waals surface area contributed by atoms with Gasteiger partial charge in [-0.25, -0.2) is 8.78 Å². The SMILES string of the molecule is Fc1ccccc1-c1cnc(-c2ccccc2F)c(CBr)c1. The van der Waals surface area contributed by atoms with Gasteiger partial charge in [-0.15, -0.1) is 0 Å². The number of alkyl halides is 1. The van der Waals surface area contributed by atoms with E-state index in [0.717, 1.165) is 5.56 Å². The fourth-order valence-corrected chi connectivity index (χ4v) is 2.78. The quantitative estimate of drug-likeness (QED) is 0.555. The van der Waals surface area contributed by atoms with Gasteiger partial charge in [-0.05, 0) is 29.8 Å². The van der Waals surface area contributed by atoms with Gasteiger partial charge < -0.3 is 0 Å². The van der Waals surface area contributed by atoms with Crippen molar-refractivity contribution >= 4 is 15.9 Å². The Labute approximate surface area is 135 Å². The van der Waals surface area contributed by atoms with Crippen LogP contribution in [0.15, 0.2) is 60.8 Å². The molecule has 0 radical (unpaired) electrons. The van der Waals surface area contributed by atoms with Crippen LogP contribution in [0.4, 0.5) is 8.78 Å².